The van der Waals surface area contributed by atoms with E-state index in [-0.39, 0.29) is 0 Å². The van der Waals surface area contributed by atoms with Crippen molar-refractivity contribution in [1.29, 1.82) is 0 Å². The Bertz CT molecular complexity index is 220. The zero-order valence-corrected chi connectivity index (χ0v) is 10.9. The van der Waals surface area contributed by atoms with Gasteiger partial charge in [0.15, 0.2) is 0 Å². The standard InChI is InChI=1S/C13H26N2O/c1-4-11(10(2)3)9-13(16)15-7-5-12(14)6-8-15/h10-12H,4-9,14H2,1-3H3. The van der Waals surface area contributed by atoms with Crippen LogP contribution in [-0.4, -0.2) is 29.9 Å². The van der Waals surface area contributed by atoms with Crippen LogP contribution in [0.2, 0.25) is 0 Å². The molecule has 16 heavy (non-hydrogen) atoms. The molecule has 0 aromatic heterocycles. The van der Waals surface area contributed by atoms with Crippen LogP contribution in [0.15, 0.2) is 0 Å². The van der Waals surface area contributed by atoms with E-state index >= 15 is 0 Å². The number of likely N-dealkylation sites (tertiary alicyclic amines) is 1. The molecule has 94 valence electrons. The van der Waals surface area contributed by atoms with Crippen LogP contribution in [0.5, 0.6) is 0 Å². The molecule has 2 N–H and O–H groups in total. The van der Waals surface area contributed by atoms with Crippen LogP contribution in [0.4, 0.5) is 0 Å². The first kappa shape index (κ1) is 13.5. The molecule has 1 atom stereocenters. The molecule has 1 saturated heterocycles. The SMILES string of the molecule is CCC(CC(=O)N1CCC(N)CC1)C(C)C. The Balaban J connectivity index is 2.39. The molecule has 1 unspecified atom stereocenters. The highest BCUT2D eigenvalue weighted by Gasteiger charge is 2.23. The molecule has 1 rings (SSSR count). The number of piperidine rings is 1. The molecular formula is C13H26N2O. The third kappa shape index (κ3) is 3.78. The topological polar surface area (TPSA) is 46.3 Å². The van der Waals surface area contributed by atoms with Gasteiger partial charge in [-0.25, -0.2) is 0 Å². The monoisotopic (exact) mass is 226 g/mol. The Morgan fingerprint density at radius 3 is 2.38 bits per heavy atom. The minimum absolute atomic E-state index is 0.302. The summed E-state index contributed by atoms with van der Waals surface area (Å²) in [7, 11) is 0. The number of amides is 1. The van der Waals surface area contributed by atoms with Crippen LogP contribution in [0.25, 0.3) is 0 Å². The van der Waals surface area contributed by atoms with E-state index in [1.807, 2.05) is 4.90 Å². The van der Waals surface area contributed by atoms with Crippen molar-refractivity contribution in [2.45, 2.75) is 52.5 Å². The largest absolute Gasteiger partial charge is 0.343 e. The lowest BCUT2D eigenvalue weighted by Crippen LogP contribution is -2.43. The van der Waals surface area contributed by atoms with Crippen molar-refractivity contribution in [2.24, 2.45) is 17.6 Å². The third-order valence-electron chi connectivity index (χ3n) is 3.80. The van der Waals surface area contributed by atoms with Crippen LogP contribution < -0.4 is 5.73 Å². The van der Waals surface area contributed by atoms with Gasteiger partial charge in [0, 0.05) is 25.6 Å². The fraction of sp³-hybridized carbons (Fsp3) is 0.923. The lowest BCUT2D eigenvalue weighted by molar-refractivity contribution is -0.133. The van der Waals surface area contributed by atoms with E-state index < -0.39 is 0 Å². The summed E-state index contributed by atoms with van der Waals surface area (Å²) in [5, 5.41) is 0. The minimum Gasteiger partial charge on any atom is -0.343 e. The summed E-state index contributed by atoms with van der Waals surface area (Å²) < 4.78 is 0. The highest BCUT2D eigenvalue weighted by atomic mass is 16.2. The Morgan fingerprint density at radius 2 is 1.94 bits per heavy atom. The van der Waals surface area contributed by atoms with Gasteiger partial charge in [0.25, 0.3) is 0 Å². The van der Waals surface area contributed by atoms with Gasteiger partial charge in [-0.05, 0) is 24.7 Å². The summed E-state index contributed by atoms with van der Waals surface area (Å²) in [5.41, 5.74) is 5.83. The predicted molar refractivity (Wildman–Crippen MR) is 67.0 cm³/mol. The maximum absolute atomic E-state index is 12.1. The summed E-state index contributed by atoms with van der Waals surface area (Å²) in [6.07, 6.45) is 3.73. The molecule has 0 aliphatic carbocycles. The van der Waals surface area contributed by atoms with Gasteiger partial charge in [0.1, 0.15) is 0 Å². The number of rotatable bonds is 4. The summed E-state index contributed by atoms with van der Waals surface area (Å²) in [4.78, 5) is 14.1. The van der Waals surface area contributed by atoms with E-state index in [4.69, 9.17) is 5.73 Å². The van der Waals surface area contributed by atoms with Gasteiger partial charge in [0.2, 0.25) is 5.91 Å². The van der Waals surface area contributed by atoms with Crippen LogP contribution in [-0.2, 0) is 4.79 Å². The van der Waals surface area contributed by atoms with E-state index in [0.29, 0.717) is 30.2 Å². The van der Waals surface area contributed by atoms with Gasteiger partial charge in [-0.15, -0.1) is 0 Å². The summed E-state index contributed by atoms with van der Waals surface area (Å²) >= 11 is 0. The highest BCUT2D eigenvalue weighted by molar-refractivity contribution is 5.76. The quantitative estimate of drug-likeness (QED) is 0.797. The number of carbonyl (C=O) groups excluding carboxylic acids is 1. The number of carbonyl (C=O) groups is 1. The molecule has 0 aromatic carbocycles. The number of hydrogen-bond donors (Lipinski definition) is 1. The van der Waals surface area contributed by atoms with Crippen molar-refractivity contribution in [3.8, 4) is 0 Å². The lowest BCUT2D eigenvalue weighted by Gasteiger charge is -2.31. The average Bonchev–Trinajstić information content (AvgIpc) is 2.26. The average molecular weight is 226 g/mol. The van der Waals surface area contributed by atoms with Gasteiger partial charge in [-0.2, -0.15) is 0 Å². The number of nitrogens with zero attached hydrogens (tertiary/aromatic N) is 1. The van der Waals surface area contributed by atoms with Gasteiger partial charge in [-0.3, -0.25) is 4.79 Å². The second kappa shape index (κ2) is 6.24. The first-order valence-corrected chi connectivity index (χ1v) is 6.58. The van der Waals surface area contributed by atoms with Gasteiger partial charge in [0.05, 0.1) is 0 Å². The van der Waals surface area contributed by atoms with Crippen LogP contribution in [0.1, 0.15) is 46.5 Å². The molecule has 0 spiro atoms. The Labute approximate surface area is 99.4 Å². The zero-order valence-electron chi connectivity index (χ0n) is 10.9. The van der Waals surface area contributed by atoms with Crippen LogP contribution >= 0.6 is 0 Å². The maximum Gasteiger partial charge on any atom is 0.222 e. The molecule has 1 amide bonds. The first-order valence-electron chi connectivity index (χ1n) is 6.58. The van der Waals surface area contributed by atoms with Crippen molar-refractivity contribution in [3.63, 3.8) is 0 Å². The fourth-order valence-corrected chi connectivity index (χ4v) is 2.35. The van der Waals surface area contributed by atoms with Crippen LogP contribution in [0, 0.1) is 11.8 Å². The van der Waals surface area contributed by atoms with E-state index in [2.05, 4.69) is 20.8 Å². The Hall–Kier alpha value is -0.570. The lowest BCUT2D eigenvalue weighted by atomic mass is 9.89. The molecular weight excluding hydrogens is 200 g/mol. The van der Waals surface area contributed by atoms with Crippen LogP contribution in [0.3, 0.4) is 0 Å². The zero-order chi connectivity index (χ0) is 12.1. The highest BCUT2D eigenvalue weighted by Crippen LogP contribution is 2.21. The van der Waals surface area contributed by atoms with E-state index in [9.17, 15) is 4.79 Å². The smallest absolute Gasteiger partial charge is 0.222 e. The fourth-order valence-electron chi connectivity index (χ4n) is 2.35. The first-order chi connectivity index (χ1) is 7.54. The predicted octanol–water partition coefficient (Wildman–Crippen LogP) is 2.01. The number of hydrogen-bond acceptors (Lipinski definition) is 2. The third-order valence-corrected chi connectivity index (χ3v) is 3.80. The normalized spacial score (nSPS) is 20.2. The molecule has 0 saturated carbocycles. The van der Waals surface area contributed by atoms with Gasteiger partial charge in [-0.1, -0.05) is 27.2 Å². The molecule has 0 aromatic rings. The molecule has 1 heterocycles. The number of nitrogens with two attached hydrogens (primary N) is 1. The Kier molecular flexibility index (Phi) is 5.26. The second-order valence-corrected chi connectivity index (χ2v) is 5.33. The van der Waals surface area contributed by atoms with Crippen molar-refractivity contribution in [3.05, 3.63) is 0 Å². The molecule has 1 fully saturated rings. The molecule has 3 heteroatoms. The minimum atomic E-state index is 0.302. The molecule has 0 bridgehead atoms. The van der Waals surface area contributed by atoms with Crippen molar-refractivity contribution in [1.82, 2.24) is 4.90 Å². The summed E-state index contributed by atoms with van der Waals surface area (Å²) in [5.74, 6) is 1.46. The van der Waals surface area contributed by atoms with Gasteiger partial charge < -0.3 is 10.6 Å². The van der Waals surface area contributed by atoms with E-state index in [1.54, 1.807) is 0 Å². The maximum atomic E-state index is 12.1. The summed E-state index contributed by atoms with van der Waals surface area (Å²) in [6.45, 7) is 8.29. The molecule has 3 nitrogen and oxygen atoms in total. The Morgan fingerprint density at radius 1 is 1.38 bits per heavy atom. The summed E-state index contributed by atoms with van der Waals surface area (Å²) in [6, 6.07) is 0.302. The van der Waals surface area contributed by atoms with Crippen molar-refractivity contribution in [2.75, 3.05) is 13.1 Å². The molecule has 1 aliphatic heterocycles. The van der Waals surface area contributed by atoms with E-state index in [0.717, 1.165) is 32.4 Å². The molecule has 0 radical (unpaired) electrons. The van der Waals surface area contributed by atoms with Crippen molar-refractivity contribution >= 4 is 5.91 Å². The van der Waals surface area contributed by atoms with E-state index in [1.165, 1.54) is 0 Å². The molecule has 1 aliphatic rings. The van der Waals surface area contributed by atoms with Crippen molar-refractivity contribution < 1.29 is 4.79 Å². The second-order valence-electron chi connectivity index (χ2n) is 5.33. The van der Waals surface area contributed by atoms with Gasteiger partial charge >= 0.3 is 0 Å².